The lowest BCUT2D eigenvalue weighted by molar-refractivity contribution is -0.384. The van der Waals surface area contributed by atoms with Gasteiger partial charge in [-0.15, -0.1) is 12.4 Å². The molecule has 4 rings (SSSR count). The third-order valence-corrected chi connectivity index (χ3v) is 5.29. The van der Waals surface area contributed by atoms with Gasteiger partial charge in [0.2, 0.25) is 0 Å². The third kappa shape index (κ3) is 4.68. The number of ether oxygens (including phenoxy) is 1. The fraction of sp³-hybridized carbons (Fsp3) is 0.381. The fourth-order valence-electron chi connectivity index (χ4n) is 3.90. The van der Waals surface area contributed by atoms with Crippen molar-refractivity contribution in [2.45, 2.75) is 44.2 Å². The van der Waals surface area contributed by atoms with Crippen molar-refractivity contribution in [3.63, 3.8) is 0 Å². The second-order valence-corrected chi connectivity index (χ2v) is 7.27. The van der Waals surface area contributed by atoms with Crippen LogP contribution in [0.5, 0.6) is 5.75 Å². The maximum absolute atomic E-state index is 10.7. The number of aromatic nitrogens is 2. The maximum atomic E-state index is 10.7. The number of halogens is 1. The van der Waals surface area contributed by atoms with Crippen LogP contribution in [0.3, 0.4) is 0 Å². The Balaban J connectivity index is 0.00000240. The monoisotopic (exact) mass is 417 g/mol. The average molecular weight is 418 g/mol. The van der Waals surface area contributed by atoms with E-state index in [1.807, 2.05) is 24.3 Å². The second-order valence-electron chi connectivity index (χ2n) is 7.27. The molecule has 0 spiro atoms. The first-order valence-corrected chi connectivity index (χ1v) is 9.62. The van der Waals surface area contributed by atoms with Crippen molar-refractivity contribution < 1.29 is 14.8 Å². The summed E-state index contributed by atoms with van der Waals surface area (Å²) in [5, 5.41) is 21.3. The number of aliphatic hydroxyl groups is 1. The van der Waals surface area contributed by atoms with Crippen LogP contribution in [0, 0.1) is 10.1 Å². The number of hydrogen-bond acceptors (Lipinski definition) is 5. The Morgan fingerprint density at radius 3 is 2.55 bits per heavy atom. The number of nitro groups is 1. The Bertz CT molecular complexity index is 968. The van der Waals surface area contributed by atoms with Gasteiger partial charge in [0.25, 0.3) is 5.69 Å². The van der Waals surface area contributed by atoms with Gasteiger partial charge in [0, 0.05) is 18.1 Å². The molecule has 1 N–H and O–H groups in total. The fourth-order valence-corrected chi connectivity index (χ4v) is 3.90. The summed E-state index contributed by atoms with van der Waals surface area (Å²) in [7, 11) is 0. The highest BCUT2D eigenvalue weighted by atomic mass is 35.5. The van der Waals surface area contributed by atoms with Gasteiger partial charge < -0.3 is 14.4 Å². The normalized spacial score (nSPS) is 15.2. The molecular formula is C21H24ClN3O4. The van der Waals surface area contributed by atoms with E-state index in [0.29, 0.717) is 18.2 Å². The number of para-hydroxylation sites is 2. The summed E-state index contributed by atoms with van der Waals surface area (Å²) in [6, 6.07) is 13.9. The van der Waals surface area contributed by atoms with Crippen LogP contribution < -0.4 is 4.74 Å². The molecule has 0 saturated heterocycles. The Hall–Kier alpha value is -2.64. The van der Waals surface area contributed by atoms with E-state index < -0.39 is 11.0 Å². The van der Waals surface area contributed by atoms with Crippen molar-refractivity contribution in [3.05, 3.63) is 64.5 Å². The van der Waals surface area contributed by atoms with Crippen molar-refractivity contribution in [3.8, 4) is 5.75 Å². The molecule has 1 heterocycles. The zero-order chi connectivity index (χ0) is 19.5. The summed E-state index contributed by atoms with van der Waals surface area (Å²) >= 11 is 0. The number of fused-ring (bicyclic) bond motifs is 1. The molecule has 8 heteroatoms. The third-order valence-electron chi connectivity index (χ3n) is 5.29. The van der Waals surface area contributed by atoms with Crippen LogP contribution >= 0.6 is 12.4 Å². The number of imidazole rings is 1. The zero-order valence-electron chi connectivity index (χ0n) is 15.9. The van der Waals surface area contributed by atoms with E-state index in [9.17, 15) is 15.2 Å². The molecule has 0 amide bonds. The molecule has 0 radical (unpaired) electrons. The topological polar surface area (TPSA) is 90.4 Å². The molecule has 1 aliphatic carbocycles. The number of non-ortho nitro benzene ring substituents is 1. The van der Waals surface area contributed by atoms with E-state index in [-0.39, 0.29) is 24.7 Å². The molecule has 7 nitrogen and oxygen atoms in total. The van der Waals surface area contributed by atoms with E-state index in [4.69, 9.17) is 9.72 Å². The number of rotatable bonds is 7. The predicted octanol–water partition coefficient (Wildman–Crippen LogP) is 4.46. The van der Waals surface area contributed by atoms with Gasteiger partial charge in [-0.3, -0.25) is 10.1 Å². The summed E-state index contributed by atoms with van der Waals surface area (Å²) in [5.41, 5.74) is 1.99. The molecule has 1 unspecified atom stereocenters. The molecular weight excluding hydrogens is 394 g/mol. The number of nitro benzene ring substituents is 1. The van der Waals surface area contributed by atoms with E-state index in [2.05, 4.69) is 4.57 Å². The molecule has 154 valence electrons. The molecule has 1 saturated carbocycles. The number of hydrogen-bond donors (Lipinski definition) is 1. The van der Waals surface area contributed by atoms with Gasteiger partial charge in [-0.2, -0.15) is 0 Å². The first-order valence-electron chi connectivity index (χ1n) is 9.62. The van der Waals surface area contributed by atoms with Gasteiger partial charge in [-0.25, -0.2) is 4.98 Å². The Kier molecular flexibility index (Phi) is 6.71. The molecule has 1 fully saturated rings. The van der Waals surface area contributed by atoms with Gasteiger partial charge in [-0.1, -0.05) is 25.0 Å². The van der Waals surface area contributed by atoms with Crippen LogP contribution in [0.15, 0.2) is 48.5 Å². The molecule has 29 heavy (non-hydrogen) atoms. The van der Waals surface area contributed by atoms with Gasteiger partial charge in [0.1, 0.15) is 24.3 Å². The van der Waals surface area contributed by atoms with Gasteiger partial charge in [0.15, 0.2) is 0 Å². The van der Waals surface area contributed by atoms with Crippen molar-refractivity contribution >= 4 is 29.1 Å². The predicted molar refractivity (Wildman–Crippen MR) is 113 cm³/mol. The molecule has 1 aliphatic rings. The van der Waals surface area contributed by atoms with Crippen LogP contribution in [0.4, 0.5) is 5.69 Å². The molecule has 0 aliphatic heterocycles. The van der Waals surface area contributed by atoms with Crippen LogP contribution in [-0.2, 0) is 6.54 Å². The summed E-state index contributed by atoms with van der Waals surface area (Å²) in [6.45, 7) is 0.508. The van der Waals surface area contributed by atoms with Crippen LogP contribution in [0.1, 0.15) is 37.4 Å². The van der Waals surface area contributed by atoms with Gasteiger partial charge in [-0.05, 0) is 37.1 Å². The highest BCUT2D eigenvalue weighted by Crippen LogP contribution is 2.35. The first-order chi connectivity index (χ1) is 13.6. The number of benzene rings is 2. The van der Waals surface area contributed by atoms with Crippen LogP contribution in [0.2, 0.25) is 0 Å². The number of aliphatic hydroxyl groups excluding tert-OH is 1. The first kappa shape index (κ1) is 21.1. The highest BCUT2D eigenvalue weighted by Gasteiger charge is 2.24. The summed E-state index contributed by atoms with van der Waals surface area (Å²) in [4.78, 5) is 15.1. The van der Waals surface area contributed by atoms with Crippen molar-refractivity contribution in [1.82, 2.24) is 9.55 Å². The lowest BCUT2D eigenvalue weighted by Crippen LogP contribution is -2.25. The summed E-state index contributed by atoms with van der Waals surface area (Å²) in [5.74, 6) is 1.99. The van der Waals surface area contributed by atoms with E-state index in [0.717, 1.165) is 29.7 Å². The van der Waals surface area contributed by atoms with Crippen LogP contribution in [0.25, 0.3) is 11.0 Å². The summed E-state index contributed by atoms with van der Waals surface area (Å²) in [6.07, 6.45) is 4.00. The van der Waals surface area contributed by atoms with Crippen LogP contribution in [-0.4, -0.2) is 32.3 Å². The average Bonchev–Trinajstić information content (AvgIpc) is 3.35. The molecule has 1 aromatic heterocycles. The smallest absolute Gasteiger partial charge is 0.269 e. The second kappa shape index (κ2) is 9.24. The zero-order valence-corrected chi connectivity index (χ0v) is 16.8. The van der Waals surface area contributed by atoms with Crippen molar-refractivity contribution in [1.29, 1.82) is 0 Å². The standard InChI is InChI=1S/C21H23N3O4.ClH/c25-17(14-28-18-11-9-16(10-12-18)24(26)27)13-23-20-8-4-3-7-19(20)22-21(23)15-5-1-2-6-15;/h3-4,7-12,15,17,25H,1-2,5-6,13-14H2;1H. The minimum absolute atomic E-state index is 0. The molecule has 2 aromatic carbocycles. The van der Waals surface area contributed by atoms with Gasteiger partial charge >= 0.3 is 0 Å². The lowest BCUT2D eigenvalue weighted by Gasteiger charge is -2.18. The van der Waals surface area contributed by atoms with E-state index in [1.54, 1.807) is 12.1 Å². The van der Waals surface area contributed by atoms with Crippen molar-refractivity contribution in [2.24, 2.45) is 0 Å². The Morgan fingerprint density at radius 2 is 1.86 bits per heavy atom. The lowest BCUT2D eigenvalue weighted by atomic mass is 10.1. The highest BCUT2D eigenvalue weighted by molar-refractivity contribution is 5.85. The Morgan fingerprint density at radius 1 is 1.17 bits per heavy atom. The quantitative estimate of drug-likeness (QED) is 0.452. The molecule has 1 atom stereocenters. The minimum Gasteiger partial charge on any atom is -0.491 e. The number of nitrogens with zero attached hydrogens (tertiary/aromatic N) is 3. The van der Waals surface area contributed by atoms with E-state index in [1.165, 1.54) is 25.0 Å². The molecule has 0 bridgehead atoms. The largest absolute Gasteiger partial charge is 0.491 e. The maximum Gasteiger partial charge on any atom is 0.269 e. The van der Waals surface area contributed by atoms with Crippen molar-refractivity contribution in [2.75, 3.05) is 6.61 Å². The van der Waals surface area contributed by atoms with E-state index >= 15 is 0 Å². The minimum atomic E-state index is -0.715. The Labute approximate surface area is 174 Å². The molecule has 3 aromatic rings. The summed E-state index contributed by atoms with van der Waals surface area (Å²) < 4.78 is 7.74. The SMILES string of the molecule is Cl.O=[N+]([O-])c1ccc(OCC(O)Cn2c(C3CCCC3)nc3ccccc32)cc1. The van der Waals surface area contributed by atoms with Gasteiger partial charge in [0.05, 0.1) is 22.5 Å².